The van der Waals surface area contributed by atoms with Crippen molar-refractivity contribution in [3.05, 3.63) is 59.9 Å². The van der Waals surface area contributed by atoms with Gasteiger partial charge in [-0.05, 0) is 50.6 Å². The molecule has 0 aliphatic heterocycles. The van der Waals surface area contributed by atoms with E-state index in [1.165, 1.54) is 0 Å². The second-order valence-electron chi connectivity index (χ2n) is 6.73. The van der Waals surface area contributed by atoms with Gasteiger partial charge in [0.15, 0.2) is 0 Å². The minimum Gasteiger partial charge on any atom is -0.491 e. The third-order valence-corrected chi connectivity index (χ3v) is 4.13. The van der Waals surface area contributed by atoms with Gasteiger partial charge in [0.05, 0.1) is 23.2 Å². The summed E-state index contributed by atoms with van der Waals surface area (Å²) in [6.45, 7) is 5.97. The van der Waals surface area contributed by atoms with E-state index in [9.17, 15) is 4.79 Å². The Bertz CT molecular complexity index is 853. The largest absolute Gasteiger partial charge is 0.491 e. The molecule has 0 saturated carbocycles. The van der Waals surface area contributed by atoms with Crippen LogP contribution in [-0.2, 0) is 11.2 Å². The highest BCUT2D eigenvalue weighted by Gasteiger charge is 2.12. The maximum Gasteiger partial charge on any atom is 0.220 e. The van der Waals surface area contributed by atoms with Gasteiger partial charge in [-0.25, -0.2) is 4.98 Å². The summed E-state index contributed by atoms with van der Waals surface area (Å²) in [5, 5.41) is 3.04. The van der Waals surface area contributed by atoms with Crippen LogP contribution in [0.4, 0.5) is 0 Å². The number of fused-ring (bicyclic) bond motifs is 1. The molecule has 1 aromatic heterocycles. The van der Waals surface area contributed by atoms with E-state index in [0.29, 0.717) is 12.8 Å². The molecule has 1 amide bonds. The molecule has 0 fully saturated rings. The van der Waals surface area contributed by atoms with E-state index >= 15 is 0 Å². The van der Waals surface area contributed by atoms with Gasteiger partial charge in [0.2, 0.25) is 5.91 Å². The van der Waals surface area contributed by atoms with Gasteiger partial charge in [-0.3, -0.25) is 4.79 Å². The monoisotopic (exact) mass is 351 g/mol. The number of aromatic nitrogens is 2. The number of hydrogen-bond donors (Lipinski definition) is 2. The highest BCUT2D eigenvalue weighted by atomic mass is 16.5. The Hall–Kier alpha value is -2.82. The van der Waals surface area contributed by atoms with Gasteiger partial charge in [-0.15, -0.1) is 0 Å². The maximum absolute atomic E-state index is 12.3. The van der Waals surface area contributed by atoms with Crippen molar-refractivity contribution in [3.8, 4) is 5.75 Å². The summed E-state index contributed by atoms with van der Waals surface area (Å²) in [5.41, 5.74) is 2.96. The zero-order valence-electron chi connectivity index (χ0n) is 15.5. The molecule has 136 valence electrons. The number of carbonyl (C=O) groups is 1. The van der Waals surface area contributed by atoms with E-state index < -0.39 is 0 Å². The van der Waals surface area contributed by atoms with Crippen molar-refractivity contribution in [1.29, 1.82) is 0 Å². The molecule has 5 nitrogen and oxygen atoms in total. The van der Waals surface area contributed by atoms with Crippen molar-refractivity contribution >= 4 is 16.9 Å². The molecule has 0 saturated heterocycles. The number of aromatic amines is 1. The van der Waals surface area contributed by atoms with Crippen LogP contribution in [0.1, 0.15) is 44.6 Å². The molecule has 1 heterocycles. The van der Waals surface area contributed by atoms with E-state index in [-0.39, 0.29) is 18.1 Å². The Labute approximate surface area is 153 Å². The molecule has 1 unspecified atom stereocenters. The number of imidazole rings is 1. The highest BCUT2D eigenvalue weighted by molar-refractivity contribution is 5.77. The first kappa shape index (κ1) is 18.0. The Morgan fingerprint density at radius 1 is 1.15 bits per heavy atom. The number of carbonyl (C=O) groups excluding carboxylic acids is 1. The lowest BCUT2D eigenvalue weighted by Gasteiger charge is -2.16. The third kappa shape index (κ3) is 4.63. The van der Waals surface area contributed by atoms with Crippen LogP contribution in [0.15, 0.2) is 48.5 Å². The molecular weight excluding hydrogens is 326 g/mol. The molecule has 2 N–H and O–H groups in total. The van der Waals surface area contributed by atoms with Gasteiger partial charge >= 0.3 is 0 Å². The number of H-pyrrole nitrogens is 1. The van der Waals surface area contributed by atoms with Crippen molar-refractivity contribution in [3.63, 3.8) is 0 Å². The molecule has 5 heteroatoms. The Morgan fingerprint density at radius 3 is 2.73 bits per heavy atom. The van der Waals surface area contributed by atoms with E-state index in [4.69, 9.17) is 4.74 Å². The van der Waals surface area contributed by atoms with Gasteiger partial charge in [0, 0.05) is 12.8 Å². The molecular formula is C21H25N3O2. The van der Waals surface area contributed by atoms with Crippen LogP contribution in [0, 0.1) is 0 Å². The van der Waals surface area contributed by atoms with Gasteiger partial charge in [-0.1, -0.05) is 24.3 Å². The summed E-state index contributed by atoms with van der Waals surface area (Å²) in [4.78, 5) is 20.1. The zero-order chi connectivity index (χ0) is 18.5. The summed E-state index contributed by atoms with van der Waals surface area (Å²) >= 11 is 0. The molecule has 0 aliphatic carbocycles. The molecule has 1 atom stereocenters. The normalized spacial score (nSPS) is 12.3. The second kappa shape index (κ2) is 8.04. The van der Waals surface area contributed by atoms with Crippen molar-refractivity contribution < 1.29 is 9.53 Å². The SMILES string of the molecule is CC(C)Oc1cccc(C(C)NC(=O)CCc2nc3ccccc3[nH]2)c1. The Balaban J connectivity index is 1.55. The molecule has 26 heavy (non-hydrogen) atoms. The van der Waals surface area contributed by atoms with Crippen LogP contribution in [0.3, 0.4) is 0 Å². The molecule has 3 aromatic rings. The summed E-state index contributed by atoms with van der Waals surface area (Å²) in [6.07, 6.45) is 1.11. The Morgan fingerprint density at radius 2 is 1.96 bits per heavy atom. The number of para-hydroxylation sites is 2. The number of nitrogens with zero attached hydrogens (tertiary/aromatic N) is 1. The number of ether oxygens (including phenoxy) is 1. The van der Waals surface area contributed by atoms with Crippen molar-refractivity contribution in [2.75, 3.05) is 0 Å². The summed E-state index contributed by atoms with van der Waals surface area (Å²) in [7, 11) is 0. The van der Waals surface area contributed by atoms with Crippen LogP contribution in [-0.4, -0.2) is 22.0 Å². The van der Waals surface area contributed by atoms with Crippen LogP contribution in [0.5, 0.6) is 5.75 Å². The lowest BCUT2D eigenvalue weighted by molar-refractivity contribution is -0.121. The van der Waals surface area contributed by atoms with Crippen LogP contribution < -0.4 is 10.1 Å². The molecule has 2 aromatic carbocycles. The van der Waals surface area contributed by atoms with Gasteiger partial charge in [-0.2, -0.15) is 0 Å². The number of amides is 1. The van der Waals surface area contributed by atoms with E-state index in [0.717, 1.165) is 28.2 Å². The van der Waals surface area contributed by atoms with Gasteiger partial charge < -0.3 is 15.0 Å². The van der Waals surface area contributed by atoms with Gasteiger partial charge in [0.1, 0.15) is 11.6 Å². The van der Waals surface area contributed by atoms with E-state index in [2.05, 4.69) is 15.3 Å². The molecule has 0 aliphatic rings. The number of benzene rings is 2. The molecule has 0 bridgehead atoms. The molecule has 3 rings (SSSR count). The fourth-order valence-corrected chi connectivity index (χ4v) is 2.88. The van der Waals surface area contributed by atoms with Crippen LogP contribution >= 0.6 is 0 Å². The standard InChI is InChI=1S/C21H25N3O2/c1-14(2)26-17-8-6-7-16(13-17)15(3)22-21(25)12-11-20-23-18-9-4-5-10-19(18)24-20/h4-10,13-15H,11-12H2,1-3H3,(H,22,25)(H,23,24). The van der Waals surface area contributed by atoms with Crippen molar-refractivity contribution in [2.24, 2.45) is 0 Å². The topological polar surface area (TPSA) is 67.0 Å². The van der Waals surface area contributed by atoms with E-state index in [1.807, 2.05) is 69.3 Å². The minimum atomic E-state index is -0.0751. The lowest BCUT2D eigenvalue weighted by atomic mass is 10.1. The predicted molar refractivity (Wildman–Crippen MR) is 103 cm³/mol. The Kier molecular flexibility index (Phi) is 5.56. The number of hydrogen-bond acceptors (Lipinski definition) is 3. The predicted octanol–water partition coefficient (Wildman–Crippen LogP) is 4.16. The molecule has 0 radical (unpaired) electrons. The first-order chi connectivity index (χ1) is 12.5. The molecule has 0 spiro atoms. The van der Waals surface area contributed by atoms with Crippen molar-refractivity contribution in [2.45, 2.75) is 45.8 Å². The number of aryl methyl sites for hydroxylation is 1. The number of rotatable bonds is 7. The first-order valence-corrected chi connectivity index (χ1v) is 9.01. The average molecular weight is 351 g/mol. The first-order valence-electron chi connectivity index (χ1n) is 9.01. The lowest BCUT2D eigenvalue weighted by Crippen LogP contribution is -2.27. The maximum atomic E-state index is 12.3. The van der Waals surface area contributed by atoms with Crippen LogP contribution in [0.25, 0.3) is 11.0 Å². The highest BCUT2D eigenvalue weighted by Crippen LogP contribution is 2.20. The third-order valence-electron chi connectivity index (χ3n) is 4.13. The second-order valence-corrected chi connectivity index (χ2v) is 6.73. The minimum absolute atomic E-state index is 0.00753. The quantitative estimate of drug-likeness (QED) is 0.672. The summed E-state index contributed by atoms with van der Waals surface area (Å²) in [5.74, 6) is 1.66. The summed E-state index contributed by atoms with van der Waals surface area (Å²) < 4.78 is 5.72. The fourth-order valence-electron chi connectivity index (χ4n) is 2.88. The average Bonchev–Trinajstić information content (AvgIpc) is 3.02. The zero-order valence-corrected chi connectivity index (χ0v) is 15.5. The van der Waals surface area contributed by atoms with Crippen molar-refractivity contribution in [1.82, 2.24) is 15.3 Å². The van der Waals surface area contributed by atoms with Gasteiger partial charge in [0.25, 0.3) is 0 Å². The smallest absolute Gasteiger partial charge is 0.220 e. The fraction of sp³-hybridized carbons (Fsp3) is 0.333. The van der Waals surface area contributed by atoms with Crippen LogP contribution in [0.2, 0.25) is 0 Å². The summed E-state index contributed by atoms with van der Waals surface area (Å²) in [6, 6.07) is 15.7. The van der Waals surface area contributed by atoms with E-state index in [1.54, 1.807) is 0 Å². The number of nitrogens with one attached hydrogen (secondary N) is 2.